The number of hydrogen-bond donors (Lipinski definition) is 1. The van der Waals surface area contributed by atoms with Crippen molar-refractivity contribution in [2.45, 2.75) is 20.0 Å². The van der Waals surface area contributed by atoms with Crippen LogP contribution in [0.3, 0.4) is 0 Å². The van der Waals surface area contributed by atoms with Gasteiger partial charge in [-0.1, -0.05) is 23.7 Å². The number of carbonyl (C=O) groups is 3. The van der Waals surface area contributed by atoms with E-state index in [0.29, 0.717) is 45.2 Å². The third-order valence-electron chi connectivity index (χ3n) is 6.09. The second-order valence-electron chi connectivity index (χ2n) is 8.81. The van der Waals surface area contributed by atoms with Crippen LogP contribution in [0.1, 0.15) is 22.3 Å². The van der Waals surface area contributed by atoms with Crippen molar-refractivity contribution in [2.75, 3.05) is 12.0 Å². The van der Waals surface area contributed by atoms with Crippen molar-refractivity contribution in [2.24, 2.45) is 0 Å². The van der Waals surface area contributed by atoms with Crippen molar-refractivity contribution in [3.63, 3.8) is 0 Å². The number of barbiturate groups is 1. The number of hydrogen-bond acceptors (Lipinski definition) is 7. The molecule has 0 aromatic heterocycles. The number of methoxy groups -OCH3 is 1. The SMILES string of the molecule is C=CCc1cc(/C=C2\C(=O)NC(=O)N(c3cc(Cl)ccc3C)C2=O)cc(OC)c1OCc1ccc([N+](=O)[O-])cc1. The summed E-state index contributed by atoms with van der Waals surface area (Å²) in [6, 6.07) is 13.2. The Labute approximate surface area is 234 Å². The first kappa shape index (κ1) is 28.1. The highest BCUT2D eigenvalue weighted by molar-refractivity contribution is 6.39. The number of imide groups is 2. The fourth-order valence-corrected chi connectivity index (χ4v) is 4.29. The first-order valence-corrected chi connectivity index (χ1v) is 12.4. The van der Waals surface area contributed by atoms with E-state index >= 15 is 0 Å². The Hall–Kier alpha value is -4.96. The van der Waals surface area contributed by atoms with Crippen LogP contribution in [-0.2, 0) is 22.6 Å². The lowest BCUT2D eigenvalue weighted by atomic mass is 10.0. The van der Waals surface area contributed by atoms with Crippen LogP contribution in [0.2, 0.25) is 5.02 Å². The summed E-state index contributed by atoms with van der Waals surface area (Å²) in [4.78, 5) is 50.0. The Balaban J connectivity index is 1.69. The number of amides is 4. The predicted molar refractivity (Wildman–Crippen MR) is 150 cm³/mol. The van der Waals surface area contributed by atoms with Gasteiger partial charge in [0, 0.05) is 22.7 Å². The number of rotatable bonds is 9. The average Bonchev–Trinajstić information content (AvgIpc) is 2.92. The first-order valence-electron chi connectivity index (χ1n) is 12.0. The summed E-state index contributed by atoms with van der Waals surface area (Å²) >= 11 is 6.09. The molecule has 204 valence electrons. The predicted octanol–water partition coefficient (Wildman–Crippen LogP) is 5.54. The van der Waals surface area contributed by atoms with Gasteiger partial charge in [-0.3, -0.25) is 25.0 Å². The van der Waals surface area contributed by atoms with Crippen molar-refractivity contribution in [3.8, 4) is 11.5 Å². The molecule has 1 saturated heterocycles. The van der Waals surface area contributed by atoms with E-state index in [1.54, 1.807) is 49.4 Å². The molecular weight excluding hydrogens is 538 g/mol. The largest absolute Gasteiger partial charge is 0.493 e. The van der Waals surface area contributed by atoms with Crippen LogP contribution in [0.5, 0.6) is 11.5 Å². The second-order valence-corrected chi connectivity index (χ2v) is 9.24. The number of benzene rings is 3. The maximum atomic E-state index is 13.4. The van der Waals surface area contributed by atoms with E-state index < -0.39 is 22.8 Å². The van der Waals surface area contributed by atoms with Crippen LogP contribution in [0.25, 0.3) is 6.08 Å². The summed E-state index contributed by atoms with van der Waals surface area (Å²) in [6.07, 6.45) is 3.40. The fourth-order valence-electron chi connectivity index (χ4n) is 4.13. The minimum atomic E-state index is -0.877. The van der Waals surface area contributed by atoms with Crippen LogP contribution >= 0.6 is 11.6 Å². The molecule has 0 radical (unpaired) electrons. The van der Waals surface area contributed by atoms with Gasteiger partial charge in [0.25, 0.3) is 17.5 Å². The summed E-state index contributed by atoms with van der Waals surface area (Å²) in [6.45, 7) is 5.61. The van der Waals surface area contributed by atoms with Gasteiger partial charge >= 0.3 is 6.03 Å². The molecule has 0 unspecified atom stereocenters. The maximum Gasteiger partial charge on any atom is 0.335 e. The smallest absolute Gasteiger partial charge is 0.335 e. The maximum absolute atomic E-state index is 13.4. The highest BCUT2D eigenvalue weighted by Crippen LogP contribution is 2.36. The van der Waals surface area contributed by atoms with Gasteiger partial charge in [0.05, 0.1) is 17.7 Å². The molecule has 1 aliphatic heterocycles. The molecule has 0 bridgehead atoms. The Morgan fingerprint density at radius 3 is 2.48 bits per heavy atom. The molecule has 0 aliphatic carbocycles. The molecular formula is C29H24ClN3O7. The molecule has 0 atom stereocenters. The zero-order valence-corrected chi connectivity index (χ0v) is 22.4. The van der Waals surface area contributed by atoms with Gasteiger partial charge < -0.3 is 9.47 Å². The molecule has 11 heteroatoms. The van der Waals surface area contributed by atoms with Gasteiger partial charge in [0.15, 0.2) is 11.5 Å². The van der Waals surface area contributed by atoms with Crippen LogP contribution in [0.4, 0.5) is 16.2 Å². The Morgan fingerprint density at radius 1 is 1.10 bits per heavy atom. The van der Waals surface area contributed by atoms with Crippen molar-refractivity contribution in [1.82, 2.24) is 5.32 Å². The van der Waals surface area contributed by atoms with Crippen LogP contribution in [0, 0.1) is 17.0 Å². The number of nitrogens with zero attached hydrogens (tertiary/aromatic N) is 2. The number of nitro groups is 1. The summed E-state index contributed by atoms with van der Waals surface area (Å²) in [5.74, 6) is -0.903. The molecule has 1 aliphatic rings. The Bertz CT molecular complexity index is 1560. The number of ether oxygens (including phenoxy) is 2. The summed E-state index contributed by atoms with van der Waals surface area (Å²) < 4.78 is 11.6. The minimum Gasteiger partial charge on any atom is -0.493 e. The van der Waals surface area contributed by atoms with E-state index in [4.69, 9.17) is 21.1 Å². The zero-order valence-electron chi connectivity index (χ0n) is 21.6. The molecule has 1 fully saturated rings. The molecule has 4 amide bonds. The van der Waals surface area contributed by atoms with Crippen molar-refractivity contribution in [1.29, 1.82) is 0 Å². The van der Waals surface area contributed by atoms with Crippen molar-refractivity contribution < 1.29 is 28.8 Å². The fraction of sp³-hybridized carbons (Fsp3) is 0.138. The first-order chi connectivity index (χ1) is 19.1. The third kappa shape index (κ3) is 5.87. The highest BCUT2D eigenvalue weighted by Gasteiger charge is 2.37. The number of carbonyl (C=O) groups excluding carboxylic acids is 3. The molecule has 10 nitrogen and oxygen atoms in total. The van der Waals surface area contributed by atoms with Gasteiger partial charge in [-0.05, 0) is 72.5 Å². The molecule has 0 saturated carbocycles. The summed E-state index contributed by atoms with van der Waals surface area (Å²) in [5, 5.41) is 13.4. The van der Waals surface area contributed by atoms with E-state index in [-0.39, 0.29) is 23.6 Å². The van der Waals surface area contributed by atoms with Crippen LogP contribution in [-0.4, -0.2) is 29.9 Å². The summed E-state index contributed by atoms with van der Waals surface area (Å²) in [7, 11) is 1.45. The quantitative estimate of drug-likeness (QED) is 0.119. The van der Waals surface area contributed by atoms with Gasteiger partial charge in [-0.15, -0.1) is 6.58 Å². The lowest BCUT2D eigenvalue weighted by Gasteiger charge is -2.27. The average molecular weight is 562 g/mol. The van der Waals surface area contributed by atoms with E-state index in [2.05, 4.69) is 11.9 Å². The number of nitrogens with one attached hydrogen (secondary N) is 1. The Morgan fingerprint density at radius 2 is 1.82 bits per heavy atom. The molecule has 4 rings (SSSR count). The third-order valence-corrected chi connectivity index (χ3v) is 6.33. The number of urea groups is 1. The van der Waals surface area contributed by atoms with E-state index in [0.717, 1.165) is 4.90 Å². The highest BCUT2D eigenvalue weighted by atomic mass is 35.5. The number of non-ortho nitro benzene ring substituents is 1. The molecule has 1 N–H and O–H groups in total. The lowest BCUT2D eigenvalue weighted by Crippen LogP contribution is -2.54. The van der Waals surface area contributed by atoms with Gasteiger partial charge in [-0.25, -0.2) is 9.69 Å². The standard InChI is InChI=1S/C29H24ClN3O7/c1-4-5-20-12-19(14-25(39-3)26(20)40-16-18-7-10-22(11-8-18)33(37)38)13-23-27(34)31-29(36)32(28(23)35)24-15-21(30)9-6-17(24)2/h4,6-15H,1,5,16H2,2-3H3,(H,31,34,36)/b23-13+. The molecule has 3 aromatic rings. The number of halogens is 1. The summed E-state index contributed by atoms with van der Waals surface area (Å²) in [5.41, 5.74) is 2.40. The zero-order chi connectivity index (χ0) is 29.0. The van der Waals surface area contributed by atoms with Crippen LogP contribution < -0.4 is 19.7 Å². The van der Waals surface area contributed by atoms with E-state index in [1.165, 1.54) is 31.4 Å². The monoisotopic (exact) mass is 561 g/mol. The van der Waals surface area contributed by atoms with E-state index in [1.807, 2.05) is 0 Å². The molecule has 3 aromatic carbocycles. The topological polar surface area (TPSA) is 128 Å². The Kier molecular flexibility index (Phi) is 8.30. The molecule has 40 heavy (non-hydrogen) atoms. The van der Waals surface area contributed by atoms with Gasteiger partial charge in [0.2, 0.25) is 0 Å². The lowest BCUT2D eigenvalue weighted by molar-refractivity contribution is -0.384. The van der Waals surface area contributed by atoms with Crippen molar-refractivity contribution in [3.05, 3.63) is 110 Å². The van der Waals surface area contributed by atoms with Crippen LogP contribution in [0.15, 0.2) is 72.8 Å². The van der Waals surface area contributed by atoms with Crippen molar-refractivity contribution >= 4 is 46.9 Å². The number of anilines is 1. The normalized spacial score (nSPS) is 14.2. The second kappa shape index (κ2) is 11.8. The van der Waals surface area contributed by atoms with E-state index in [9.17, 15) is 24.5 Å². The number of aryl methyl sites for hydroxylation is 1. The van der Waals surface area contributed by atoms with Gasteiger partial charge in [0.1, 0.15) is 12.2 Å². The minimum absolute atomic E-state index is 0.0295. The van der Waals surface area contributed by atoms with Gasteiger partial charge in [-0.2, -0.15) is 0 Å². The molecule has 1 heterocycles. The number of allylic oxidation sites excluding steroid dienone is 1. The number of nitro benzene ring substituents is 1. The molecule has 0 spiro atoms.